The highest BCUT2D eigenvalue weighted by Gasteiger charge is 2.22. The van der Waals surface area contributed by atoms with Crippen LogP contribution < -0.4 is 4.90 Å². The maximum Gasteiger partial charge on any atom is 0.414 e. The number of ether oxygens (including phenoxy) is 1. The number of amides is 1. The summed E-state index contributed by atoms with van der Waals surface area (Å²) in [6.07, 6.45) is -0.542. The van der Waals surface area contributed by atoms with Crippen LogP contribution in [0, 0.1) is 0 Å². The fraction of sp³-hybridized carbons (Fsp3) is 0.0800. The highest BCUT2D eigenvalue weighted by atomic mass is 35.5. The summed E-state index contributed by atoms with van der Waals surface area (Å²) < 4.78 is 5.57. The van der Waals surface area contributed by atoms with E-state index < -0.39 is 6.09 Å². The van der Waals surface area contributed by atoms with Gasteiger partial charge in [-0.2, -0.15) is 0 Å². The highest BCUT2D eigenvalue weighted by Crippen LogP contribution is 2.33. The van der Waals surface area contributed by atoms with E-state index in [0.717, 1.165) is 16.3 Å². The average molecular weight is 418 g/mol. The average Bonchev–Trinajstić information content (AvgIpc) is 2.78. The molecule has 4 nitrogen and oxygen atoms in total. The van der Waals surface area contributed by atoms with Gasteiger partial charge in [0.05, 0.1) is 17.3 Å². The Balaban J connectivity index is 1.69. The zero-order valence-electron chi connectivity index (χ0n) is 16.2. The first-order valence-corrected chi connectivity index (χ1v) is 9.93. The van der Waals surface area contributed by atoms with Gasteiger partial charge in [0.25, 0.3) is 0 Å². The Kier molecular flexibility index (Phi) is 5.87. The SMILES string of the molecule is O=C(OCc1ccccc1)N(Cc1c(O)ccc2ccccc12)c1ccccc1Cl. The van der Waals surface area contributed by atoms with Crippen molar-refractivity contribution < 1.29 is 14.6 Å². The highest BCUT2D eigenvalue weighted by molar-refractivity contribution is 6.33. The van der Waals surface area contributed by atoms with Crippen LogP contribution in [0.1, 0.15) is 11.1 Å². The van der Waals surface area contributed by atoms with Crippen LogP contribution in [0.5, 0.6) is 5.75 Å². The summed E-state index contributed by atoms with van der Waals surface area (Å²) in [5.74, 6) is 0.113. The van der Waals surface area contributed by atoms with Crippen molar-refractivity contribution >= 4 is 34.2 Å². The molecule has 0 heterocycles. The summed E-state index contributed by atoms with van der Waals surface area (Å²) in [6.45, 7) is 0.257. The zero-order valence-corrected chi connectivity index (χ0v) is 16.9. The fourth-order valence-electron chi connectivity index (χ4n) is 3.36. The number of nitrogens with zero attached hydrogens (tertiary/aromatic N) is 1. The van der Waals surface area contributed by atoms with Crippen molar-refractivity contribution in [2.24, 2.45) is 0 Å². The topological polar surface area (TPSA) is 49.8 Å². The third kappa shape index (κ3) is 4.24. The maximum absolute atomic E-state index is 13.1. The quantitative estimate of drug-likeness (QED) is 0.401. The standard InChI is InChI=1S/C25H20ClNO3/c26-22-12-6-7-13-23(22)27(25(29)30-17-18-8-2-1-3-9-18)16-21-20-11-5-4-10-19(20)14-15-24(21)28/h1-15,28H,16-17H2. The van der Waals surface area contributed by atoms with Gasteiger partial charge in [-0.1, -0.05) is 84.4 Å². The Labute approximate surface area is 179 Å². The van der Waals surface area contributed by atoms with Gasteiger partial charge < -0.3 is 9.84 Å². The molecule has 5 heteroatoms. The molecule has 0 saturated carbocycles. The second-order valence-electron chi connectivity index (χ2n) is 6.86. The fourth-order valence-corrected chi connectivity index (χ4v) is 3.60. The third-order valence-electron chi connectivity index (χ3n) is 4.90. The Hall–Kier alpha value is -3.50. The monoisotopic (exact) mass is 417 g/mol. The first-order valence-electron chi connectivity index (χ1n) is 9.56. The molecule has 0 saturated heterocycles. The molecule has 0 unspecified atom stereocenters. The van der Waals surface area contributed by atoms with Gasteiger partial charge in [0.2, 0.25) is 0 Å². The molecule has 1 N–H and O–H groups in total. The smallest absolute Gasteiger partial charge is 0.414 e. The van der Waals surface area contributed by atoms with Crippen LogP contribution >= 0.6 is 11.6 Å². The molecule has 1 amide bonds. The van der Waals surface area contributed by atoms with E-state index in [1.165, 1.54) is 4.90 Å². The number of fused-ring (bicyclic) bond motifs is 1. The Morgan fingerprint density at radius 2 is 1.57 bits per heavy atom. The summed E-state index contributed by atoms with van der Waals surface area (Å²) >= 11 is 6.39. The number of hydrogen-bond acceptors (Lipinski definition) is 3. The summed E-state index contributed by atoms with van der Waals surface area (Å²) in [5.41, 5.74) is 2.03. The molecule has 4 aromatic rings. The van der Waals surface area contributed by atoms with Crippen LogP contribution in [0.2, 0.25) is 5.02 Å². The molecule has 150 valence electrons. The molecule has 4 aromatic carbocycles. The van der Waals surface area contributed by atoms with E-state index >= 15 is 0 Å². The largest absolute Gasteiger partial charge is 0.508 e. The number of anilines is 1. The van der Waals surface area contributed by atoms with E-state index in [1.807, 2.05) is 66.7 Å². The first kappa shape index (κ1) is 19.8. The minimum Gasteiger partial charge on any atom is -0.508 e. The summed E-state index contributed by atoms with van der Waals surface area (Å²) in [4.78, 5) is 14.5. The molecule has 0 aliphatic rings. The summed E-state index contributed by atoms with van der Waals surface area (Å²) in [5, 5.41) is 12.8. The lowest BCUT2D eigenvalue weighted by Crippen LogP contribution is -2.31. The van der Waals surface area contributed by atoms with Crippen molar-refractivity contribution in [2.45, 2.75) is 13.2 Å². The predicted molar refractivity (Wildman–Crippen MR) is 120 cm³/mol. The van der Waals surface area contributed by atoms with Gasteiger partial charge in [0.1, 0.15) is 12.4 Å². The van der Waals surface area contributed by atoms with E-state index in [2.05, 4.69) is 0 Å². The number of para-hydroxylation sites is 1. The van der Waals surface area contributed by atoms with Crippen molar-refractivity contribution in [2.75, 3.05) is 4.90 Å². The van der Waals surface area contributed by atoms with Crippen molar-refractivity contribution in [1.29, 1.82) is 0 Å². The lowest BCUT2D eigenvalue weighted by molar-refractivity contribution is 0.146. The van der Waals surface area contributed by atoms with E-state index in [4.69, 9.17) is 16.3 Å². The lowest BCUT2D eigenvalue weighted by Gasteiger charge is -2.24. The van der Waals surface area contributed by atoms with Gasteiger partial charge >= 0.3 is 6.09 Å². The second-order valence-corrected chi connectivity index (χ2v) is 7.27. The number of carbonyl (C=O) groups is 1. The maximum atomic E-state index is 13.1. The van der Waals surface area contributed by atoms with Gasteiger partial charge in [-0.15, -0.1) is 0 Å². The van der Waals surface area contributed by atoms with Crippen LogP contribution in [0.3, 0.4) is 0 Å². The molecule has 0 radical (unpaired) electrons. The van der Waals surface area contributed by atoms with Crippen LogP contribution in [0.15, 0.2) is 91.0 Å². The Morgan fingerprint density at radius 1 is 0.867 bits per heavy atom. The molecule has 0 bridgehead atoms. The van der Waals surface area contributed by atoms with Crippen LogP contribution in [-0.2, 0) is 17.9 Å². The molecule has 0 spiro atoms. The second kappa shape index (κ2) is 8.89. The number of phenolic OH excluding ortho intramolecular Hbond substituents is 1. The number of benzene rings is 4. The number of rotatable bonds is 5. The minimum atomic E-state index is -0.542. The third-order valence-corrected chi connectivity index (χ3v) is 5.22. The van der Waals surface area contributed by atoms with Gasteiger partial charge in [0, 0.05) is 5.56 Å². The van der Waals surface area contributed by atoms with E-state index in [-0.39, 0.29) is 18.9 Å². The number of phenols is 1. The lowest BCUT2D eigenvalue weighted by atomic mass is 10.0. The Bertz CT molecular complexity index is 1180. The minimum absolute atomic E-state index is 0.113. The van der Waals surface area contributed by atoms with Crippen LogP contribution in [-0.4, -0.2) is 11.2 Å². The van der Waals surface area contributed by atoms with Crippen molar-refractivity contribution in [3.8, 4) is 5.75 Å². The normalized spacial score (nSPS) is 10.7. The molecule has 0 fully saturated rings. The van der Waals surface area contributed by atoms with Gasteiger partial charge in [-0.3, -0.25) is 4.90 Å². The zero-order chi connectivity index (χ0) is 20.9. The van der Waals surface area contributed by atoms with Crippen molar-refractivity contribution in [3.63, 3.8) is 0 Å². The molecule has 0 atom stereocenters. The number of halogens is 1. The molecule has 0 aliphatic heterocycles. The van der Waals surface area contributed by atoms with Gasteiger partial charge in [-0.05, 0) is 34.5 Å². The molecular formula is C25H20ClNO3. The van der Waals surface area contributed by atoms with Gasteiger partial charge in [0.15, 0.2) is 0 Å². The van der Waals surface area contributed by atoms with E-state index in [9.17, 15) is 9.90 Å². The van der Waals surface area contributed by atoms with Crippen LogP contribution in [0.4, 0.5) is 10.5 Å². The molecule has 4 rings (SSSR count). The summed E-state index contributed by atoms with van der Waals surface area (Å²) in [7, 11) is 0. The van der Waals surface area contributed by atoms with Gasteiger partial charge in [-0.25, -0.2) is 4.79 Å². The first-order chi connectivity index (χ1) is 14.6. The molecular weight excluding hydrogens is 398 g/mol. The van der Waals surface area contributed by atoms with E-state index in [0.29, 0.717) is 16.3 Å². The Morgan fingerprint density at radius 3 is 2.37 bits per heavy atom. The number of hydrogen-bond donors (Lipinski definition) is 1. The molecule has 30 heavy (non-hydrogen) atoms. The predicted octanol–water partition coefficient (Wildman–Crippen LogP) is 6.54. The van der Waals surface area contributed by atoms with Crippen LogP contribution in [0.25, 0.3) is 10.8 Å². The number of carbonyl (C=O) groups excluding carboxylic acids is 1. The van der Waals surface area contributed by atoms with E-state index in [1.54, 1.807) is 24.3 Å². The summed E-state index contributed by atoms with van der Waals surface area (Å²) in [6, 6.07) is 27.8. The number of aromatic hydroxyl groups is 1. The molecule has 0 aliphatic carbocycles. The van der Waals surface area contributed by atoms with Crippen molar-refractivity contribution in [3.05, 3.63) is 107 Å². The molecule has 0 aromatic heterocycles. The van der Waals surface area contributed by atoms with Crippen molar-refractivity contribution in [1.82, 2.24) is 0 Å².